The highest BCUT2D eigenvalue weighted by Gasteiger charge is 2.29. The Bertz CT molecular complexity index is 651. The van der Waals surface area contributed by atoms with Gasteiger partial charge in [0.25, 0.3) is 0 Å². The monoisotopic (exact) mass is 291 g/mol. The number of benzene rings is 1. The van der Waals surface area contributed by atoms with Gasteiger partial charge >= 0.3 is 0 Å². The number of aryl methyl sites for hydroxylation is 2. The Morgan fingerprint density at radius 2 is 2.14 bits per heavy atom. The average Bonchev–Trinajstić information content (AvgIpc) is 3.00. The number of nitrogens with zero attached hydrogens (tertiary/aromatic N) is 3. The molecule has 0 bridgehead atoms. The summed E-state index contributed by atoms with van der Waals surface area (Å²) in [5, 5.41) is 0. The highest BCUT2D eigenvalue weighted by molar-refractivity contribution is 5.19. The van der Waals surface area contributed by atoms with Gasteiger partial charge in [0, 0.05) is 25.4 Å². The van der Waals surface area contributed by atoms with Crippen molar-refractivity contribution in [2.75, 3.05) is 6.54 Å². The van der Waals surface area contributed by atoms with Gasteiger partial charge in [-0.1, -0.05) is 0 Å². The molecule has 0 spiro atoms. The van der Waals surface area contributed by atoms with Crippen LogP contribution in [-0.4, -0.2) is 21.0 Å². The van der Waals surface area contributed by atoms with Gasteiger partial charge in [-0.3, -0.25) is 4.90 Å². The third-order valence-electron chi connectivity index (χ3n) is 4.08. The van der Waals surface area contributed by atoms with Crippen LogP contribution in [0.3, 0.4) is 0 Å². The molecule has 1 fully saturated rings. The lowest BCUT2D eigenvalue weighted by Crippen LogP contribution is -2.25. The lowest BCUT2D eigenvalue weighted by atomic mass is 10.1. The summed E-state index contributed by atoms with van der Waals surface area (Å²) in [6.45, 7) is 3.27. The fourth-order valence-electron chi connectivity index (χ4n) is 3.14. The second-order valence-corrected chi connectivity index (χ2v) is 5.72. The maximum absolute atomic E-state index is 13.8. The maximum atomic E-state index is 13.8. The van der Waals surface area contributed by atoms with Gasteiger partial charge in [-0.2, -0.15) is 0 Å². The van der Waals surface area contributed by atoms with Crippen molar-refractivity contribution in [3.05, 3.63) is 53.1 Å². The standard InChI is InChI=1S/C16H19F2N3/c1-11-9-20(2)16(19-11)15-4-3-7-21(15)10-12-8-13(17)5-6-14(12)18/h5-6,8-9,15H,3-4,7,10H2,1-2H3/t15-/m0/s1. The first-order valence-electron chi connectivity index (χ1n) is 7.22. The van der Waals surface area contributed by atoms with Gasteiger partial charge in [-0.05, 0) is 44.5 Å². The lowest BCUT2D eigenvalue weighted by molar-refractivity contribution is 0.233. The zero-order chi connectivity index (χ0) is 15.0. The van der Waals surface area contributed by atoms with Gasteiger partial charge in [0.1, 0.15) is 17.5 Å². The zero-order valence-corrected chi connectivity index (χ0v) is 12.3. The van der Waals surface area contributed by atoms with Gasteiger partial charge in [0.05, 0.1) is 11.7 Å². The largest absolute Gasteiger partial charge is 0.336 e. The summed E-state index contributed by atoms with van der Waals surface area (Å²) in [6.07, 6.45) is 4.04. The number of rotatable bonds is 3. The molecule has 0 aliphatic carbocycles. The zero-order valence-electron chi connectivity index (χ0n) is 12.3. The molecular weight excluding hydrogens is 272 g/mol. The van der Waals surface area contributed by atoms with Crippen molar-refractivity contribution in [3.63, 3.8) is 0 Å². The van der Waals surface area contributed by atoms with E-state index in [2.05, 4.69) is 9.88 Å². The number of aromatic nitrogens is 2. The molecule has 2 aromatic rings. The van der Waals surface area contributed by atoms with E-state index in [1.54, 1.807) is 0 Å². The molecule has 1 aromatic heterocycles. The van der Waals surface area contributed by atoms with Gasteiger partial charge in [-0.25, -0.2) is 13.8 Å². The lowest BCUT2D eigenvalue weighted by Gasteiger charge is -2.24. The van der Waals surface area contributed by atoms with E-state index >= 15 is 0 Å². The van der Waals surface area contributed by atoms with Crippen LogP contribution in [-0.2, 0) is 13.6 Å². The summed E-state index contributed by atoms with van der Waals surface area (Å²) in [5.74, 6) is 0.259. The summed E-state index contributed by atoms with van der Waals surface area (Å²) < 4.78 is 29.2. The predicted molar refractivity (Wildman–Crippen MR) is 76.7 cm³/mol. The molecule has 112 valence electrons. The Kier molecular flexibility index (Phi) is 3.76. The van der Waals surface area contributed by atoms with E-state index in [-0.39, 0.29) is 11.9 Å². The quantitative estimate of drug-likeness (QED) is 0.865. The Balaban J connectivity index is 1.84. The molecule has 3 nitrogen and oxygen atoms in total. The summed E-state index contributed by atoms with van der Waals surface area (Å²) in [4.78, 5) is 6.76. The Morgan fingerprint density at radius 1 is 1.33 bits per heavy atom. The van der Waals surface area contributed by atoms with Gasteiger partial charge in [-0.15, -0.1) is 0 Å². The highest BCUT2D eigenvalue weighted by Crippen LogP contribution is 2.32. The van der Waals surface area contributed by atoms with Crippen LogP contribution in [0.15, 0.2) is 24.4 Å². The molecular formula is C16H19F2N3. The minimum atomic E-state index is -0.394. The van der Waals surface area contributed by atoms with Crippen molar-refractivity contribution in [2.45, 2.75) is 32.4 Å². The summed E-state index contributed by atoms with van der Waals surface area (Å²) in [5.41, 5.74) is 1.39. The molecule has 1 aliphatic rings. The second kappa shape index (κ2) is 5.56. The van der Waals surface area contributed by atoms with Crippen LogP contribution in [0.2, 0.25) is 0 Å². The van der Waals surface area contributed by atoms with Crippen LogP contribution >= 0.6 is 0 Å². The van der Waals surface area contributed by atoms with Crippen molar-refractivity contribution < 1.29 is 8.78 Å². The van der Waals surface area contributed by atoms with E-state index in [0.717, 1.165) is 37.0 Å². The van der Waals surface area contributed by atoms with Gasteiger partial charge < -0.3 is 4.57 Å². The fraction of sp³-hybridized carbons (Fsp3) is 0.438. The van der Waals surface area contributed by atoms with Crippen molar-refractivity contribution in [3.8, 4) is 0 Å². The summed E-state index contributed by atoms with van der Waals surface area (Å²) in [7, 11) is 1.98. The molecule has 21 heavy (non-hydrogen) atoms. The fourth-order valence-corrected chi connectivity index (χ4v) is 3.14. The Labute approximate surface area is 123 Å². The molecule has 1 atom stereocenters. The molecule has 0 radical (unpaired) electrons. The molecule has 0 N–H and O–H groups in total. The first-order valence-corrected chi connectivity index (χ1v) is 7.22. The first-order chi connectivity index (χ1) is 10.0. The Hall–Kier alpha value is -1.75. The van der Waals surface area contributed by atoms with Crippen LogP contribution < -0.4 is 0 Å². The molecule has 0 unspecified atom stereocenters. The van der Waals surface area contributed by atoms with Crippen molar-refractivity contribution in [1.29, 1.82) is 0 Å². The summed E-state index contributed by atoms with van der Waals surface area (Å²) in [6, 6.07) is 3.81. The van der Waals surface area contributed by atoms with E-state index in [0.29, 0.717) is 12.1 Å². The van der Waals surface area contributed by atoms with E-state index in [1.165, 1.54) is 12.1 Å². The molecule has 0 amide bonds. The third-order valence-corrected chi connectivity index (χ3v) is 4.08. The van der Waals surface area contributed by atoms with Crippen molar-refractivity contribution in [2.24, 2.45) is 7.05 Å². The predicted octanol–water partition coefficient (Wildman–Crippen LogP) is 3.34. The smallest absolute Gasteiger partial charge is 0.127 e. The molecule has 1 aromatic carbocycles. The summed E-state index contributed by atoms with van der Waals surface area (Å²) >= 11 is 0. The van der Waals surface area contributed by atoms with Crippen LogP contribution in [0.1, 0.15) is 36.0 Å². The van der Waals surface area contributed by atoms with Crippen LogP contribution in [0.4, 0.5) is 8.78 Å². The number of likely N-dealkylation sites (tertiary alicyclic amines) is 1. The molecule has 3 rings (SSSR count). The second-order valence-electron chi connectivity index (χ2n) is 5.72. The van der Waals surface area contributed by atoms with Gasteiger partial charge in [0.15, 0.2) is 0 Å². The minimum absolute atomic E-state index is 0.173. The van der Waals surface area contributed by atoms with Crippen LogP contribution in [0.5, 0.6) is 0 Å². The van der Waals surface area contributed by atoms with E-state index in [4.69, 9.17) is 0 Å². The molecule has 5 heteroatoms. The normalized spacial score (nSPS) is 19.3. The van der Waals surface area contributed by atoms with Gasteiger partial charge in [0.2, 0.25) is 0 Å². The first kappa shape index (κ1) is 14.2. The van der Waals surface area contributed by atoms with E-state index in [1.807, 2.05) is 24.7 Å². The maximum Gasteiger partial charge on any atom is 0.127 e. The SMILES string of the molecule is Cc1cn(C)c([C@@H]2CCCN2Cc2cc(F)ccc2F)n1. The highest BCUT2D eigenvalue weighted by atomic mass is 19.1. The van der Waals surface area contributed by atoms with Crippen molar-refractivity contribution >= 4 is 0 Å². The number of halogens is 2. The topological polar surface area (TPSA) is 21.1 Å². The molecule has 1 saturated heterocycles. The molecule has 2 heterocycles. The minimum Gasteiger partial charge on any atom is -0.336 e. The van der Waals surface area contributed by atoms with Crippen molar-refractivity contribution in [1.82, 2.24) is 14.5 Å². The third kappa shape index (κ3) is 2.83. The van der Waals surface area contributed by atoms with Crippen LogP contribution in [0, 0.1) is 18.6 Å². The average molecular weight is 291 g/mol. The Morgan fingerprint density at radius 3 is 2.86 bits per heavy atom. The van der Waals surface area contributed by atoms with Crippen LogP contribution in [0.25, 0.3) is 0 Å². The van der Waals surface area contributed by atoms with E-state index in [9.17, 15) is 8.78 Å². The van der Waals surface area contributed by atoms with E-state index < -0.39 is 5.82 Å². The molecule has 0 saturated carbocycles. The number of hydrogen-bond donors (Lipinski definition) is 0. The number of imidazole rings is 1. The number of hydrogen-bond acceptors (Lipinski definition) is 2. The molecule has 1 aliphatic heterocycles.